The molecule has 3 rings (SSSR count). The number of hydrogen-bond acceptors (Lipinski definition) is 4. The molecule has 26 heavy (non-hydrogen) atoms. The van der Waals surface area contributed by atoms with Gasteiger partial charge in [0.25, 0.3) is 0 Å². The quantitative estimate of drug-likeness (QED) is 0.816. The number of likely N-dealkylation sites (tertiary alicyclic amines) is 1. The van der Waals surface area contributed by atoms with Gasteiger partial charge in [-0.05, 0) is 30.5 Å². The predicted octanol–water partition coefficient (Wildman–Crippen LogP) is 2.67. The van der Waals surface area contributed by atoms with E-state index in [-0.39, 0.29) is 17.9 Å². The highest BCUT2D eigenvalue weighted by Crippen LogP contribution is 2.30. The smallest absolute Gasteiger partial charge is 0.217 e. The fraction of sp³-hybridized carbons (Fsp3) is 0.632. The van der Waals surface area contributed by atoms with E-state index in [1.807, 2.05) is 18.2 Å². The molecular weight excluding hydrogens is 373 g/mol. The van der Waals surface area contributed by atoms with Gasteiger partial charge in [0, 0.05) is 51.6 Å². The number of benzene rings is 1. The molecule has 5 nitrogen and oxygen atoms in total. The van der Waals surface area contributed by atoms with Gasteiger partial charge in [0.15, 0.2) is 0 Å². The molecular formula is C19H27Cl2N3O2. The van der Waals surface area contributed by atoms with Gasteiger partial charge in [-0.25, -0.2) is 0 Å². The van der Waals surface area contributed by atoms with Gasteiger partial charge >= 0.3 is 0 Å². The minimum absolute atomic E-state index is 0.0568. The molecule has 2 aliphatic rings. The average Bonchev–Trinajstić information content (AvgIpc) is 2.84. The Morgan fingerprint density at radius 2 is 2.08 bits per heavy atom. The summed E-state index contributed by atoms with van der Waals surface area (Å²) in [6.07, 6.45) is 2.09. The van der Waals surface area contributed by atoms with Crippen LogP contribution < -0.4 is 10.6 Å². The van der Waals surface area contributed by atoms with Crippen molar-refractivity contribution in [2.45, 2.75) is 37.8 Å². The maximum absolute atomic E-state index is 11.2. The van der Waals surface area contributed by atoms with Gasteiger partial charge in [-0.15, -0.1) is 0 Å². The lowest BCUT2D eigenvalue weighted by Crippen LogP contribution is -2.47. The van der Waals surface area contributed by atoms with Crippen LogP contribution in [0.4, 0.5) is 0 Å². The number of halogens is 2. The van der Waals surface area contributed by atoms with E-state index in [0.29, 0.717) is 22.7 Å². The Kier molecular flexibility index (Phi) is 7.18. The molecule has 1 aromatic rings. The molecule has 0 radical (unpaired) electrons. The van der Waals surface area contributed by atoms with Crippen LogP contribution in [0.5, 0.6) is 0 Å². The highest BCUT2D eigenvalue weighted by Gasteiger charge is 2.30. The molecule has 0 spiro atoms. The molecule has 0 bridgehead atoms. The fourth-order valence-electron chi connectivity index (χ4n) is 3.84. The van der Waals surface area contributed by atoms with Crippen LogP contribution in [0, 0.1) is 0 Å². The third-order valence-electron chi connectivity index (χ3n) is 5.23. The van der Waals surface area contributed by atoms with Gasteiger partial charge in [-0.1, -0.05) is 29.3 Å². The van der Waals surface area contributed by atoms with Crippen molar-refractivity contribution in [2.75, 3.05) is 39.3 Å². The number of nitrogens with one attached hydrogen (secondary N) is 2. The Labute approximate surface area is 165 Å². The van der Waals surface area contributed by atoms with E-state index in [1.165, 1.54) is 0 Å². The topological polar surface area (TPSA) is 53.6 Å². The summed E-state index contributed by atoms with van der Waals surface area (Å²) in [5.41, 5.74) is 1.16. The van der Waals surface area contributed by atoms with Gasteiger partial charge in [0.1, 0.15) is 0 Å². The van der Waals surface area contributed by atoms with E-state index in [0.717, 1.165) is 51.1 Å². The molecule has 0 aromatic heterocycles. The van der Waals surface area contributed by atoms with Crippen molar-refractivity contribution in [3.8, 4) is 0 Å². The van der Waals surface area contributed by atoms with Gasteiger partial charge < -0.3 is 20.3 Å². The average molecular weight is 400 g/mol. The Morgan fingerprint density at radius 3 is 2.77 bits per heavy atom. The van der Waals surface area contributed by atoms with Gasteiger partial charge in [-0.2, -0.15) is 0 Å². The summed E-state index contributed by atoms with van der Waals surface area (Å²) < 4.78 is 6.18. The van der Waals surface area contributed by atoms with E-state index in [4.69, 9.17) is 27.9 Å². The third-order valence-corrected chi connectivity index (χ3v) is 5.97. The van der Waals surface area contributed by atoms with Crippen molar-refractivity contribution in [1.82, 2.24) is 15.5 Å². The molecule has 0 saturated carbocycles. The van der Waals surface area contributed by atoms with Crippen LogP contribution in [0.15, 0.2) is 18.2 Å². The maximum atomic E-state index is 11.2. The summed E-state index contributed by atoms with van der Waals surface area (Å²) in [5.74, 6) is 0.293. The predicted molar refractivity (Wildman–Crippen MR) is 105 cm³/mol. The molecule has 2 aliphatic heterocycles. The Bertz CT molecular complexity index is 621. The van der Waals surface area contributed by atoms with E-state index in [9.17, 15) is 4.79 Å². The monoisotopic (exact) mass is 399 g/mol. The lowest BCUT2D eigenvalue weighted by molar-refractivity contribution is -0.120. The first-order valence-corrected chi connectivity index (χ1v) is 10.0. The second-order valence-corrected chi connectivity index (χ2v) is 7.98. The first kappa shape index (κ1) is 19.9. The molecule has 0 aliphatic carbocycles. The first-order chi connectivity index (χ1) is 12.5. The number of carbonyl (C=O) groups is 1. The highest BCUT2D eigenvalue weighted by molar-refractivity contribution is 6.42. The summed E-state index contributed by atoms with van der Waals surface area (Å²) in [4.78, 5) is 13.7. The highest BCUT2D eigenvalue weighted by atomic mass is 35.5. The molecule has 2 fully saturated rings. The van der Waals surface area contributed by atoms with Crippen molar-refractivity contribution >= 4 is 29.1 Å². The van der Waals surface area contributed by atoms with Crippen LogP contribution in [0.3, 0.4) is 0 Å². The van der Waals surface area contributed by atoms with E-state index in [2.05, 4.69) is 15.5 Å². The van der Waals surface area contributed by atoms with Gasteiger partial charge in [0.2, 0.25) is 5.91 Å². The maximum Gasteiger partial charge on any atom is 0.217 e. The van der Waals surface area contributed by atoms with Crippen molar-refractivity contribution in [3.63, 3.8) is 0 Å². The number of amides is 1. The molecule has 144 valence electrons. The lowest BCUT2D eigenvalue weighted by atomic mass is 9.92. The number of hydrogen-bond donors (Lipinski definition) is 2. The Balaban J connectivity index is 1.64. The zero-order valence-corrected chi connectivity index (χ0v) is 16.7. The van der Waals surface area contributed by atoms with Crippen molar-refractivity contribution in [1.29, 1.82) is 0 Å². The molecule has 2 heterocycles. The van der Waals surface area contributed by atoms with Crippen molar-refractivity contribution < 1.29 is 9.53 Å². The SMILES string of the molecule is CC(=O)NC1CCN(C[C@@H]2OCCNC[C@H]2c2ccc(Cl)c(Cl)c2)CC1. The van der Waals surface area contributed by atoms with Crippen LogP contribution >= 0.6 is 23.2 Å². The first-order valence-electron chi connectivity index (χ1n) is 9.29. The number of ether oxygens (including phenoxy) is 1. The number of rotatable bonds is 4. The summed E-state index contributed by atoms with van der Waals surface area (Å²) in [6, 6.07) is 6.16. The van der Waals surface area contributed by atoms with Gasteiger partial charge in [-0.3, -0.25) is 4.79 Å². The van der Waals surface area contributed by atoms with Crippen LogP contribution in [0.2, 0.25) is 10.0 Å². The number of carbonyl (C=O) groups excluding carboxylic acids is 1. The largest absolute Gasteiger partial charge is 0.375 e. The number of piperidine rings is 1. The zero-order valence-electron chi connectivity index (χ0n) is 15.1. The standard InChI is InChI=1S/C19H27Cl2N3O2/c1-13(25)23-15-4-7-24(8-5-15)12-19-16(11-22-6-9-26-19)14-2-3-17(20)18(21)10-14/h2-3,10,15-16,19,22H,4-9,11-12H2,1H3,(H,23,25)/t16-,19-/m0/s1. The van der Waals surface area contributed by atoms with Gasteiger partial charge in [0.05, 0.1) is 22.8 Å². The summed E-state index contributed by atoms with van der Waals surface area (Å²) in [6.45, 7) is 6.87. The van der Waals surface area contributed by atoms with Crippen LogP contribution in [-0.4, -0.2) is 62.3 Å². The summed E-state index contributed by atoms with van der Waals surface area (Å²) >= 11 is 12.3. The Hall–Kier alpha value is -0.850. The number of nitrogens with zero attached hydrogens (tertiary/aromatic N) is 1. The van der Waals surface area contributed by atoms with E-state index < -0.39 is 0 Å². The molecule has 2 N–H and O–H groups in total. The van der Waals surface area contributed by atoms with E-state index >= 15 is 0 Å². The normalized spacial score (nSPS) is 25.7. The molecule has 7 heteroatoms. The van der Waals surface area contributed by atoms with E-state index in [1.54, 1.807) is 6.92 Å². The second kappa shape index (κ2) is 9.38. The minimum atomic E-state index is 0.0568. The molecule has 2 saturated heterocycles. The zero-order chi connectivity index (χ0) is 18.5. The summed E-state index contributed by atoms with van der Waals surface area (Å²) in [7, 11) is 0. The second-order valence-electron chi connectivity index (χ2n) is 7.17. The van der Waals surface area contributed by atoms with Crippen molar-refractivity contribution in [2.24, 2.45) is 0 Å². The Morgan fingerprint density at radius 1 is 1.31 bits per heavy atom. The minimum Gasteiger partial charge on any atom is -0.375 e. The third kappa shape index (κ3) is 5.33. The lowest BCUT2D eigenvalue weighted by Gasteiger charge is -2.36. The summed E-state index contributed by atoms with van der Waals surface area (Å²) in [5, 5.41) is 7.65. The molecule has 0 unspecified atom stereocenters. The van der Waals surface area contributed by atoms with Crippen LogP contribution in [0.1, 0.15) is 31.2 Å². The van der Waals surface area contributed by atoms with Crippen LogP contribution in [-0.2, 0) is 9.53 Å². The van der Waals surface area contributed by atoms with Crippen molar-refractivity contribution in [3.05, 3.63) is 33.8 Å². The molecule has 1 aromatic carbocycles. The van der Waals surface area contributed by atoms with Crippen LogP contribution in [0.25, 0.3) is 0 Å². The molecule has 1 amide bonds. The molecule has 2 atom stereocenters. The fourth-order valence-corrected chi connectivity index (χ4v) is 4.15.